The predicted octanol–water partition coefficient (Wildman–Crippen LogP) is 2.21. The number of likely N-dealkylation sites (tertiary alicyclic amines) is 1. The number of amides is 2. The van der Waals surface area contributed by atoms with Crippen molar-refractivity contribution in [1.82, 2.24) is 20.0 Å². The van der Waals surface area contributed by atoms with Crippen LogP contribution in [-0.2, 0) is 29.6 Å². The third-order valence-corrected chi connectivity index (χ3v) is 6.13. The molecule has 4 rings (SSSR count). The molecule has 0 saturated carbocycles. The van der Waals surface area contributed by atoms with Crippen molar-refractivity contribution in [2.75, 3.05) is 19.7 Å². The van der Waals surface area contributed by atoms with E-state index in [2.05, 4.69) is 10.4 Å². The van der Waals surface area contributed by atoms with Crippen LogP contribution in [-0.4, -0.2) is 57.8 Å². The number of ether oxygens (including phenoxy) is 2. The molecule has 1 spiro atoms. The first-order valence-electron chi connectivity index (χ1n) is 10.9. The lowest BCUT2D eigenvalue weighted by atomic mass is 9.83. The molecule has 1 aromatic heterocycles. The molecule has 2 aliphatic heterocycles. The van der Waals surface area contributed by atoms with Crippen LogP contribution >= 0.6 is 0 Å². The second-order valence-electron chi connectivity index (χ2n) is 8.80. The zero-order chi connectivity index (χ0) is 22.9. The molecule has 1 N–H and O–H groups in total. The molecule has 0 aliphatic carbocycles. The summed E-state index contributed by atoms with van der Waals surface area (Å²) in [5.41, 5.74) is 1.94. The number of rotatable bonds is 5. The van der Waals surface area contributed by atoms with Crippen LogP contribution in [0, 0.1) is 5.82 Å². The third-order valence-electron chi connectivity index (χ3n) is 6.13. The number of hydrogen-bond donors (Lipinski definition) is 1. The number of hydrogen-bond acceptors (Lipinski definition) is 5. The monoisotopic (exact) mass is 444 g/mol. The van der Waals surface area contributed by atoms with Crippen LogP contribution in [0.1, 0.15) is 48.4 Å². The van der Waals surface area contributed by atoms with Crippen LogP contribution in [0.15, 0.2) is 24.3 Å². The molecule has 1 fully saturated rings. The highest BCUT2D eigenvalue weighted by molar-refractivity contribution is 5.94. The van der Waals surface area contributed by atoms with Crippen LogP contribution in [0.5, 0.6) is 5.75 Å². The number of piperidine rings is 1. The van der Waals surface area contributed by atoms with Crippen molar-refractivity contribution in [2.24, 2.45) is 7.05 Å². The summed E-state index contributed by atoms with van der Waals surface area (Å²) in [4.78, 5) is 26.8. The summed E-state index contributed by atoms with van der Waals surface area (Å²) < 4.78 is 26.5. The summed E-state index contributed by atoms with van der Waals surface area (Å²) in [5.74, 6) is -0.168. The minimum absolute atomic E-state index is 0.0323. The molecule has 0 atom stereocenters. The van der Waals surface area contributed by atoms with Gasteiger partial charge in [0.25, 0.3) is 11.8 Å². The van der Waals surface area contributed by atoms with Crippen molar-refractivity contribution in [3.8, 4) is 5.75 Å². The Morgan fingerprint density at radius 2 is 1.94 bits per heavy atom. The number of aryl methyl sites for hydroxylation is 1. The Kier molecular flexibility index (Phi) is 6.19. The standard InChI is InChI=1S/C23H29FN4O4/c1-15(2)25-22(30)21-18-13-32-23(12-19(18)27(3)26-21)8-10-28(11-9-23)20(29)14-31-17-6-4-16(24)5-7-17/h4-7,15H,8-14H2,1-3H3,(H,25,30). The van der Waals surface area contributed by atoms with Crippen LogP contribution in [0.25, 0.3) is 0 Å². The van der Waals surface area contributed by atoms with Crippen molar-refractivity contribution in [2.45, 2.75) is 51.4 Å². The van der Waals surface area contributed by atoms with E-state index in [1.165, 1.54) is 24.3 Å². The van der Waals surface area contributed by atoms with Crippen molar-refractivity contribution < 1.29 is 23.5 Å². The predicted molar refractivity (Wildman–Crippen MR) is 115 cm³/mol. The Morgan fingerprint density at radius 1 is 1.25 bits per heavy atom. The van der Waals surface area contributed by atoms with E-state index in [0.717, 1.165) is 11.3 Å². The SMILES string of the molecule is CC(C)NC(=O)c1nn(C)c2c1COC1(CCN(C(=O)COc3ccc(F)cc3)CC1)C2. The number of benzene rings is 1. The maximum atomic E-state index is 13.0. The van der Waals surface area contributed by atoms with Crippen molar-refractivity contribution in [3.63, 3.8) is 0 Å². The zero-order valence-electron chi connectivity index (χ0n) is 18.7. The first-order chi connectivity index (χ1) is 15.3. The summed E-state index contributed by atoms with van der Waals surface area (Å²) in [7, 11) is 1.86. The van der Waals surface area contributed by atoms with Gasteiger partial charge in [-0.1, -0.05) is 0 Å². The van der Waals surface area contributed by atoms with E-state index in [-0.39, 0.29) is 35.9 Å². The highest BCUT2D eigenvalue weighted by Crippen LogP contribution is 2.37. The summed E-state index contributed by atoms with van der Waals surface area (Å²) in [6, 6.07) is 5.64. The summed E-state index contributed by atoms with van der Waals surface area (Å²) >= 11 is 0. The van der Waals surface area contributed by atoms with Gasteiger partial charge in [0.15, 0.2) is 12.3 Å². The molecule has 3 heterocycles. The van der Waals surface area contributed by atoms with Crippen LogP contribution in [0.3, 0.4) is 0 Å². The average molecular weight is 445 g/mol. The van der Waals surface area contributed by atoms with Crippen molar-refractivity contribution in [3.05, 3.63) is 47.0 Å². The van der Waals surface area contributed by atoms with E-state index in [4.69, 9.17) is 9.47 Å². The molecule has 0 bridgehead atoms. The Balaban J connectivity index is 1.35. The molecule has 1 aromatic carbocycles. The Hall–Kier alpha value is -2.94. The molecule has 32 heavy (non-hydrogen) atoms. The highest BCUT2D eigenvalue weighted by Gasteiger charge is 2.42. The van der Waals surface area contributed by atoms with Gasteiger partial charge >= 0.3 is 0 Å². The highest BCUT2D eigenvalue weighted by atomic mass is 19.1. The fraction of sp³-hybridized carbons (Fsp3) is 0.522. The first-order valence-corrected chi connectivity index (χ1v) is 10.9. The first kappa shape index (κ1) is 22.3. The minimum atomic E-state index is -0.360. The van der Waals surface area contributed by atoms with Gasteiger partial charge in [-0.2, -0.15) is 5.10 Å². The Bertz CT molecular complexity index is 994. The molecule has 0 radical (unpaired) electrons. The van der Waals surface area contributed by atoms with Gasteiger partial charge in [-0.15, -0.1) is 0 Å². The smallest absolute Gasteiger partial charge is 0.272 e. The van der Waals surface area contributed by atoms with E-state index in [0.29, 0.717) is 50.4 Å². The normalized spacial score (nSPS) is 17.3. The van der Waals surface area contributed by atoms with Crippen LogP contribution in [0.4, 0.5) is 4.39 Å². The number of aromatic nitrogens is 2. The Labute approximate surface area is 186 Å². The largest absolute Gasteiger partial charge is 0.484 e. The van der Waals surface area contributed by atoms with Gasteiger partial charge in [0, 0.05) is 43.9 Å². The van der Waals surface area contributed by atoms with Gasteiger partial charge in [-0.3, -0.25) is 14.3 Å². The van der Waals surface area contributed by atoms with Crippen molar-refractivity contribution >= 4 is 11.8 Å². The topological polar surface area (TPSA) is 85.7 Å². The summed E-state index contributed by atoms with van der Waals surface area (Å²) in [5, 5.41) is 7.34. The maximum absolute atomic E-state index is 13.0. The van der Waals surface area contributed by atoms with Crippen LogP contribution in [0.2, 0.25) is 0 Å². The number of carbonyl (C=O) groups excluding carboxylic acids is 2. The van der Waals surface area contributed by atoms with E-state index in [1.807, 2.05) is 20.9 Å². The quantitative estimate of drug-likeness (QED) is 0.764. The second-order valence-corrected chi connectivity index (χ2v) is 8.80. The minimum Gasteiger partial charge on any atom is -0.484 e. The number of carbonyl (C=O) groups is 2. The molecular weight excluding hydrogens is 415 g/mol. The zero-order valence-corrected chi connectivity index (χ0v) is 18.7. The van der Waals surface area contributed by atoms with Gasteiger partial charge in [0.05, 0.1) is 12.2 Å². The molecule has 2 amide bonds. The van der Waals surface area contributed by atoms with E-state index < -0.39 is 0 Å². The molecule has 8 nitrogen and oxygen atoms in total. The number of halogens is 1. The van der Waals surface area contributed by atoms with E-state index >= 15 is 0 Å². The van der Waals surface area contributed by atoms with Gasteiger partial charge in [0.1, 0.15) is 11.6 Å². The molecule has 172 valence electrons. The van der Waals surface area contributed by atoms with E-state index in [9.17, 15) is 14.0 Å². The molecule has 9 heteroatoms. The number of nitrogens with one attached hydrogen (secondary N) is 1. The summed E-state index contributed by atoms with van der Waals surface area (Å²) in [6.07, 6.45) is 2.07. The van der Waals surface area contributed by atoms with Gasteiger partial charge in [0.2, 0.25) is 0 Å². The molecule has 2 aromatic rings. The maximum Gasteiger partial charge on any atom is 0.272 e. The summed E-state index contributed by atoms with van der Waals surface area (Å²) in [6.45, 7) is 5.22. The van der Waals surface area contributed by atoms with Crippen LogP contribution < -0.4 is 10.1 Å². The number of nitrogens with zero attached hydrogens (tertiary/aromatic N) is 3. The lowest BCUT2D eigenvalue weighted by molar-refractivity contribution is -0.143. The van der Waals surface area contributed by atoms with Gasteiger partial charge < -0.3 is 19.7 Å². The second kappa shape index (κ2) is 8.90. The van der Waals surface area contributed by atoms with Crippen molar-refractivity contribution in [1.29, 1.82) is 0 Å². The van der Waals surface area contributed by atoms with Gasteiger partial charge in [-0.05, 0) is 51.0 Å². The fourth-order valence-electron chi connectivity index (χ4n) is 4.32. The molecule has 2 aliphatic rings. The Morgan fingerprint density at radius 3 is 2.59 bits per heavy atom. The third kappa shape index (κ3) is 4.62. The lowest BCUT2D eigenvalue weighted by Gasteiger charge is -2.43. The number of fused-ring (bicyclic) bond motifs is 1. The van der Waals surface area contributed by atoms with E-state index in [1.54, 1.807) is 9.58 Å². The lowest BCUT2D eigenvalue weighted by Crippen LogP contribution is -2.51. The average Bonchev–Trinajstić information content (AvgIpc) is 3.09. The molecule has 0 unspecified atom stereocenters. The molecular formula is C23H29FN4O4. The molecule has 1 saturated heterocycles. The fourth-order valence-corrected chi connectivity index (χ4v) is 4.32. The van der Waals surface area contributed by atoms with Gasteiger partial charge in [-0.25, -0.2) is 4.39 Å².